The van der Waals surface area contributed by atoms with Crippen molar-refractivity contribution in [2.45, 2.75) is 0 Å². The minimum Gasteiger partial charge on any atom is -0.382 e. The summed E-state index contributed by atoms with van der Waals surface area (Å²) in [6, 6.07) is 0. The van der Waals surface area contributed by atoms with Crippen LogP contribution < -0.4 is 5.72 Å². The molecule has 0 saturated carbocycles. The molecule has 2 aromatic heterocycles. The fraction of sp³-hybridized carbons (Fsp3) is 0. The molecule has 0 aliphatic rings. The van der Waals surface area contributed by atoms with Gasteiger partial charge in [0, 0.05) is 0 Å². The lowest BCUT2D eigenvalue weighted by molar-refractivity contribution is 1.21. The zero-order valence-corrected chi connectivity index (χ0v) is 4.89. The van der Waals surface area contributed by atoms with Gasteiger partial charge in [-0.25, -0.2) is 15.0 Å². The van der Waals surface area contributed by atoms with Crippen molar-refractivity contribution in [2.24, 2.45) is 0 Å². The van der Waals surface area contributed by atoms with Gasteiger partial charge < -0.3 is 10.7 Å². The van der Waals surface area contributed by atoms with Crippen LogP contribution in [0.25, 0.3) is 11.2 Å². The molecule has 0 aromatic carbocycles. The van der Waals surface area contributed by atoms with Gasteiger partial charge in [-0.05, 0) is 0 Å². The molecule has 5 nitrogen and oxygen atoms in total. The first-order valence-corrected chi connectivity index (χ1v) is 2.65. The van der Waals surface area contributed by atoms with Crippen molar-refractivity contribution >= 4 is 17.0 Å². The van der Waals surface area contributed by atoms with Crippen LogP contribution >= 0.6 is 0 Å². The minimum absolute atomic E-state index is 0.0657. The number of aromatic nitrogens is 4. The molecule has 0 bridgehead atoms. The van der Waals surface area contributed by atoms with Crippen molar-refractivity contribution < 1.29 is 4.24 Å². The molecule has 0 amide bonds. The number of imidazole rings is 1. The van der Waals surface area contributed by atoms with E-state index in [4.69, 9.17) is 4.24 Å². The van der Waals surface area contributed by atoms with Crippen LogP contribution in [0, 0.1) is 0 Å². The second-order valence-corrected chi connectivity index (χ2v) is 1.74. The van der Waals surface area contributed by atoms with Crippen molar-refractivity contribution in [2.75, 3.05) is 5.72 Å². The predicted octanol–water partition coefficient (Wildman–Crippen LogP) is -0.0649. The van der Waals surface area contributed by atoms with Gasteiger partial charge in [0.05, 0.1) is 6.33 Å². The van der Waals surface area contributed by atoms with Gasteiger partial charge >= 0.3 is 0 Å². The summed E-state index contributed by atoms with van der Waals surface area (Å²) in [5.41, 5.74) is 0.911. The van der Waals surface area contributed by atoms with E-state index in [1.165, 1.54) is 12.7 Å². The van der Waals surface area contributed by atoms with Gasteiger partial charge in [-0.1, -0.05) is 0 Å². The number of hydrogen-bond donors (Lipinski definition) is 2. The predicted molar refractivity (Wildman–Crippen MR) is 36.1 cm³/mol. The van der Waals surface area contributed by atoms with Gasteiger partial charge in [0.2, 0.25) is 0 Å². The van der Waals surface area contributed by atoms with Crippen LogP contribution in [0.5, 0.6) is 0 Å². The Morgan fingerprint density at radius 1 is 1.60 bits per heavy atom. The molecule has 0 unspecified atom stereocenters. The third kappa shape index (κ3) is 0.540. The van der Waals surface area contributed by atoms with Gasteiger partial charge in [-0.3, -0.25) is 0 Å². The topological polar surface area (TPSA) is 80.5 Å². The van der Waals surface area contributed by atoms with Gasteiger partial charge in [0.25, 0.3) is 0 Å². The monoisotopic (exact) mass is 138 g/mol. The van der Waals surface area contributed by atoms with E-state index in [2.05, 4.69) is 15.0 Å². The third-order valence-corrected chi connectivity index (χ3v) is 1.15. The number of hydrogen-bond acceptors (Lipinski definition) is 4. The molecule has 0 spiro atoms. The lowest BCUT2D eigenvalue weighted by atomic mass is 10.5. The summed E-state index contributed by atoms with van der Waals surface area (Å²) in [6.45, 7) is 0. The quantitative estimate of drug-likeness (QED) is 0.578. The SMILES string of the molecule is [2H]N([2H])c1ncnc2c1ncn2[2H]. The number of nitrogens with zero attached hydrogens (tertiary/aromatic N) is 3. The van der Waals surface area contributed by atoms with Crippen LogP contribution in [0.2, 0.25) is 4.24 Å². The number of aromatic amines is 1. The van der Waals surface area contributed by atoms with E-state index < -0.39 is 0 Å². The highest BCUT2D eigenvalue weighted by Gasteiger charge is 1.99. The minimum atomic E-state index is 0.0657. The van der Waals surface area contributed by atoms with E-state index in [0.717, 1.165) is 4.98 Å². The number of rotatable bonds is 1. The average Bonchev–Trinajstić information content (AvgIpc) is 2.48. The second-order valence-electron chi connectivity index (χ2n) is 1.74. The largest absolute Gasteiger partial charge is 0.382 e. The fourth-order valence-electron chi connectivity index (χ4n) is 0.712. The molecule has 2 rings (SSSR count). The average molecular weight is 138 g/mol. The first-order valence-electron chi connectivity index (χ1n) is 3.99. The first-order chi connectivity index (χ1) is 6.20. The summed E-state index contributed by atoms with van der Waals surface area (Å²) in [7, 11) is 0. The highest BCUT2D eigenvalue weighted by atomic mass is 15.0. The number of nitrogen functional groups attached to an aromatic ring is 1. The van der Waals surface area contributed by atoms with E-state index >= 15 is 0 Å². The summed E-state index contributed by atoms with van der Waals surface area (Å²) in [5.74, 6) is 0.0657. The van der Waals surface area contributed by atoms with E-state index in [1.54, 1.807) is 0 Å². The maximum atomic E-state index is 7.30. The van der Waals surface area contributed by atoms with Crippen LogP contribution in [0.3, 0.4) is 0 Å². The van der Waals surface area contributed by atoms with Crippen molar-refractivity contribution in [3.8, 4) is 0 Å². The zero-order valence-electron chi connectivity index (χ0n) is 7.89. The van der Waals surface area contributed by atoms with Crippen LogP contribution in [-0.2, 0) is 0 Å². The molecular formula is C5H5N5. The van der Waals surface area contributed by atoms with Crippen molar-refractivity contribution in [3.05, 3.63) is 12.7 Å². The summed E-state index contributed by atoms with van der Waals surface area (Å²) >= 11 is 0. The maximum absolute atomic E-state index is 7.30. The molecule has 0 saturated heterocycles. The Kier molecular flexibility index (Phi) is 0.492. The Balaban J connectivity index is 2.77. The summed E-state index contributed by atoms with van der Waals surface area (Å²) in [5, 5.41) is 0. The molecule has 0 aliphatic carbocycles. The van der Waals surface area contributed by atoms with Crippen LogP contribution in [0.1, 0.15) is 0 Å². The van der Waals surface area contributed by atoms with Crippen molar-refractivity contribution in [3.63, 3.8) is 0 Å². The van der Waals surface area contributed by atoms with Crippen LogP contribution in [0.15, 0.2) is 12.7 Å². The second kappa shape index (κ2) is 1.66. The Labute approximate surface area is 60.7 Å². The molecule has 2 heterocycles. The Morgan fingerprint density at radius 2 is 2.60 bits per heavy atom. The van der Waals surface area contributed by atoms with Crippen LogP contribution in [0.4, 0.5) is 5.82 Å². The number of anilines is 1. The molecular weight excluding hydrogens is 130 g/mol. The van der Waals surface area contributed by atoms with E-state index in [1.807, 2.05) is 0 Å². The fourth-order valence-corrected chi connectivity index (χ4v) is 0.712. The van der Waals surface area contributed by atoms with E-state index in [-0.39, 0.29) is 17.0 Å². The normalized spacial score (nSPS) is 14.2. The van der Waals surface area contributed by atoms with E-state index in [0.29, 0.717) is 5.72 Å². The number of nitrogens with two attached hydrogens (primary N) is 1. The number of nitrogens with one attached hydrogen (secondary N) is 1. The van der Waals surface area contributed by atoms with Crippen molar-refractivity contribution in [1.82, 2.24) is 19.9 Å². The third-order valence-electron chi connectivity index (χ3n) is 1.15. The van der Waals surface area contributed by atoms with Gasteiger partial charge in [0.15, 0.2) is 15.7 Å². The molecule has 3 N–H and O–H groups in total. The smallest absolute Gasteiger partial charge is 0.169 e. The Morgan fingerprint density at radius 3 is 3.50 bits per heavy atom. The van der Waals surface area contributed by atoms with Gasteiger partial charge in [0.1, 0.15) is 11.8 Å². The molecule has 0 atom stereocenters. The highest BCUT2D eigenvalue weighted by molar-refractivity contribution is 5.80. The van der Waals surface area contributed by atoms with Gasteiger partial charge in [-0.15, -0.1) is 0 Å². The number of fused-ring (bicyclic) bond motifs is 1. The summed E-state index contributed by atoms with van der Waals surface area (Å²) in [6.07, 6.45) is 2.44. The molecule has 0 fully saturated rings. The maximum Gasteiger partial charge on any atom is 0.169 e. The van der Waals surface area contributed by atoms with Crippen molar-refractivity contribution in [1.29, 1.82) is 0 Å². The molecule has 5 heteroatoms. The Hall–Kier alpha value is -1.65. The molecule has 10 heavy (non-hydrogen) atoms. The lowest BCUT2D eigenvalue weighted by Gasteiger charge is -1.88. The summed E-state index contributed by atoms with van der Waals surface area (Å²) in [4.78, 5) is 12.3. The van der Waals surface area contributed by atoms with E-state index in [9.17, 15) is 0 Å². The zero-order chi connectivity index (χ0) is 9.42. The highest BCUT2D eigenvalue weighted by Crippen LogP contribution is 2.09. The van der Waals surface area contributed by atoms with Gasteiger partial charge in [-0.2, -0.15) is 0 Å². The molecule has 50 valence electrons. The molecule has 0 radical (unpaired) electrons. The first kappa shape index (κ1) is 2.96. The standard InChI is InChI=1S/C5H5N5/c6-4-3-5(9-1-7-3)10-2-8-4/h1-2H,(H3,6,7,8,9,10)/i/hD3. The number of H-pyrrole nitrogens is 1. The molecule has 0 aliphatic heterocycles. The lowest BCUT2D eigenvalue weighted by Crippen LogP contribution is -1.91. The Bertz CT molecular complexity index is 439. The summed E-state index contributed by atoms with van der Waals surface area (Å²) < 4.78 is 21.3. The molecule has 2 aromatic rings. The van der Waals surface area contributed by atoms with Crippen LogP contribution in [-0.4, -0.2) is 19.9 Å².